The Balaban J connectivity index is 0.00000208. The SMILES string of the molecule is Cl.O=C(O)C1CCCCN1Cc1nc(-c2ccc(F)c(F)c2)no1. The van der Waals surface area contributed by atoms with E-state index >= 15 is 0 Å². The molecule has 1 N–H and O–H groups in total. The van der Waals surface area contributed by atoms with Gasteiger partial charge in [0.1, 0.15) is 6.04 Å². The summed E-state index contributed by atoms with van der Waals surface area (Å²) in [5.41, 5.74) is 0.298. The van der Waals surface area contributed by atoms with Crippen LogP contribution in [0.3, 0.4) is 0 Å². The molecule has 0 bridgehead atoms. The lowest BCUT2D eigenvalue weighted by Crippen LogP contribution is -2.44. The van der Waals surface area contributed by atoms with E-state index < -0.39 is 23.6 Å². The molecule has 1 atom stereocenters. The van der Waals surface area contributed by atoms with Crippen molar-refractivity contribution in [2.24, 2.45) is 0 Å². The Bertz CT molecular complexity index is 726. The minimum atomic E-state index is -0.990. The van der Waals surface area contributed by atoms with Crippen LogP contribution in [0.1, 0.15) is 25.2 Å². The number of hydrogen-bond acceptors (Lipinski definition) is 5. The Morgan fingerprint density at radius 3 is 2.83 bits per heavy atom. The van der Waals surface area contributed by atoms with Crippen LogP contribution in [0.2, 0.25) is 0 Å². The molecule has 1 aliphatic heterocycles. The number of benzene rings is 1. The van der Waals surface area contributed by atoms with Gasteiger partial charge in [0, 0.05) is 5.56 Å². The maximum absolute atomic E-state index is 13.2. The minimum Gasteiger partial charge on any atom is -0.480 e. The molecule has 24 heavy (non-hydrogen) atoms. The summed E-state index contributed by atoms with van der Waals surface area (Å²) in [5, 5.41) is 13.0. The number of likely N-dealkylation sites (tertiary alicyclic amines) is 1. The second kappa shape index (κ2) is 7.67. The van der Waals surface area contributed by atoms with Gasteiger partial charge in [-0.1, -0.05) is 11.6 Å². The van der Waals surface area contributed by atoms with Gasteiger partial charge in [-0.3, -0.25) is 9.69 Å². The van der Waals surface area contributed by atoms with Crippen molar-refractivity contribution in [2.75, 3.05) is 6.54 Å². The fraction of sp³-hybridized carbons (Fsp3) is 0.400. The molecule has 0 aliphatic carbocycles. The summed E-state index contributed by atoms with van der Waals surface area (Å²) < 4.78 is 31.3. The molecule has 1 unspecified atom stereocenters. The van der Waals surface area contributed by atoms with Gasteiger partial charge in [0.25, 0.3) is 0 Å². The Hall–Kier alpha value is -2.06. The average molecular weight is 360 g/mol. The standard InChI is InChI=1S/C15H15F2N3O3.ClH/c16-10-5-4-9(7-11(10)17)14-18-13(23-19-14)8-20-6-2-1-3-12(20)15(21)22;/h4-5,7,12H,1-3,6,8H2,(H,21,22);1H. The van der Waals surface area contributed by atoms with Crippen molar-refractivity contribution in [3.8, 4) is 11.4 Å². The van der Waals surface area contributed by atoms with Crippen LogP contribution in [0.25, 0.3) is 11.4 Å². The van der Waals surface area contributed by atoms with E-state index in [1.807, 2.05) is 0 Å². The first-order valence-electron chi connectivity index (χ1n) is 7.29. The molecular formula is C15H16ClF2N3O3. The predicted molar refractivity (Wildman–Crippen MR) is 82.6 cm³/mol. The zero-order chi connectivity index (χ0) is 16.4. The predicted octanol–water partition coefficient (Wildman–Crippen LogP) is 2.88. The van der Waals surface area contributed by atoms with Crippen molar-refractivity contribution in [3.63, 3.8) is 0 Å². The minimum absolute atomic E-state index is 0. The Morgan fingerprint density at radius 2 is 2.12 bits per heavy atom. The second-order valence-electron chi connectivity index (χ2n) is 5.46. The summed E-state index contributed by atoms with van der Waals surface area (Å²) >= 11 is 0. The molecular weight excluding hydrogens is 344 g/mol. The van der Waals surface area contributed by atoms with E-state index in [0.29, 0.717) is 18.5 Å². The van der Waals surface area contributed by atoms with Crippen LogP contribution in [-0.4, -0.2) is 38.7 Å². The average Bonchev–Trinajstić information content (AvgIpc) is 2.99. The van der Waals surface area contributed by atoms with Gasteiger partial charge in [-0.2, -0.15) is 4.98 Å². The normalized spacial score (nSPS) is 18.2. The van der Waals surface area contributed by atoms with E-state index in [1.165, 1.54) is 6.07 Å². The van der Waals surface area contributed by atoms with Crippen LogP contribution in [0.4, 0.5) is 8.78 Å². The third-order valence-electron chi connectivity index (χ3n) is 3.88. The van der Waals surface area contributed by atoms with Crippen LogP contribution in [0, 0.1) is 11.6 Å². The highest BCUT2D eigenvalue weighted by Crippen LogP contribution is 2.22. The van der Waals surface area contributed by atoms with E-state index in [0.717, 1.165) is 25.0 Å². The fourth-order valence-electron chi connectivity index (χ4n) is 2.71. The summed E-state index contributed by atoms with van der Waals surface area (Å²) in [7, 11) is 0. The van der Waals surface area contributed by atoms with Gasteiger partial charge in [0.2, 0.25) is 11.7 Å². The third kappa shape index (κ3) is 3.88. The van der Waals surface area contributed by atoms with E-state index in [9.17, 15) is 18.7 Å². The zero-order valence-electron chi connectivity index (χ0n) is 12.6. The van der Waals surface area contributed by atoms with E-state index in [1.54, 1.807) is 4.90 Å². The fourth-order valence-corrected chi connectivity index (χ4v) is 2.71. The Labute approximate surface area is 142 Å². The van der Waals surface area contributed by atoms with Crippen molar-refractivity contribution >= 4 is 18.4 Å². The van der Waals surface area contributed by atoms with Gasteiger partial charge >= 0.3 is 5.97 Å². The Kier molecular flexibility index (Phi) is 5.84. The molecule has 1 saturated heterocycles. The van der Waals surface area contributed by atoms with Gasteiger partial charge < -0.3 is 9.63 Å². The molecule has 0 saturated carbocycles. The number of rotatable bonds is 4. The molecule has 6 nitrogen and oxygen atoms in total. The lowest BCUT2D eigenvalue weighted by Gasteiger charge is -2.31. The number of piperidine rings is 1. The van der Waals surface area contributed by atoms with Crippen LogP contribution in [0.15, 0.2) is 22.7 Å². The molecule has 2 heterocycles. The highest BCUT2D eigenvalue weighted by Gasteiger charge is 2.29. The molecule has 0 spiro atoms. The van der Waals surface area contributed by atoms with Crippen LogP contribution < -0.4 is 0 Å². The highest BCUT2D eigenvalue weighted by atomic mass is 35.5. The molecule has 0 amide bonds. The van der Waals surface area contributed by atoms with Gasteiger partial charge in [0.05, 0.1) is 6.54 Å². The molecule has 130 valence electrons. The lowest BCUT2D eigenvalue weighted by molar-refractivity contribution is -0.145. The number of carbonyl (C=O) groups is 1. The van der Waals surface area contributed by atoms with Gasteiger partial charge in [-0.15, -0.1) is 12.4 Å². The molecule has 0 radical (unpaired) electrons. The van der Waals surface area contributed by atoms with Crippen molar-refractivity contribution in [1.29, 1.82) is 0 Å². The number of carboxylic acid groups (broad SMARTS) is 1. The van der Waals surface area contributed by atoms with Crippen molar-refractivity contribution < 1.29 is 23.2 Å². The number of aromatic nitrogens is 2. The number of halogens is 3. The van der Waals surface area contributed by atoms with Crippen molar-refractivity contribution in [2.45, 2.75) is 31.8 Å². The Morgan fingerprint density at radius 1 is 1.33 bits per heavy atom. The molecule has 1 fully saturated rings. The first-order valence-corrected chi connectivity index (χ1v) is 7.29. The molecule has 1 aliphatic rings. The molecule has 1 aromatic heterocycles. The summed E-state index contributed by atoms with van der Waals surface area (Å²) in [5.74, 6) is -2.42. The molecule has 1 aromatic carbocycles. The number of hydrogen-bond donors (Lipinski definition) is 1. The lowest BCUT2D eigenvalue weighted by atomic mass is 10.0. The molecule has 3 rings (SSSR count). The summed E-state index contributed by atoms with van der Waals surface area (Å²) in [6.07, 6.45) is 2.37. The quantitative estimate of drug-likeness (QED) is 0.904. The van der Waals surface area contributed by atoms with Crippen molar-refractivity contribution in [1.82, 2.24) is 15.0 Å². The second-order valence-corrected chi connectivity index (χ2v) is 5.46. The zero-order valence-corrected chi connectivity index (χ0v) is 13.4. The van der Waals surface area contributed by atoms with Crippen LogP contribution in [0.5, 0.6) is 0 Å². The van der Waals surface area contributed by atoms with E-state index in [2.05, 4.69) is 10.1 Å². The van der Waals surface area contributed by atoms with Crippen LogP contribution >= 0.6 is 12.4 Å². The molecule has 2 aromatic rings. The monoisotopic (exact) mass is 359 g/mol. The largest absolute Gasteiger partial charge is 0.480 e. The third-order valence-corrected chi connectivity index (χ3v) is 3.88. The van der Waals surface area contributed by atoms with Gasteiger partial charge in [0.15, 0.2) is 11.6 Å². The van der Waals surface area contributed by atoms with Crippen LogP contribution in [-0.2, 0) is 11.3 Å². The van der Waals surface area contributed by atoms with Crippen molar-refractivity contribution in [3.05, 3.63) is 35.7 Å². The van der Waals surface area contributed by atoms with Gasteiger partial charge in [-0.25, -0.2) is 8.78 Å². The summed E-state index contributed by atoms with van der Waals surface area (Å²) in [4.78, 5) is 17.2. The number of nitrogens with zero attached hydrogens (tertiary/aromatic N) is 3. The number of aliphatic carboxylic acids is 1. The summed E-state index contributed by atoms with van der Waals surface area (Å²) in [6.45, 7) is 0.855. The van der Waals surface area contributed by atoms with Gasteiger partial charge in [-0.05, 0) is 37.6 Å². The maximum Gasteiger partial charge on any atom is 0.320 e. The first-order chi connectivity index (χ1) is 11.0. The summed E-state index contributed by atoms with van der Waals surface area (Å²) in [6, 6.07) is 2.77. The maximum atomic E-state index is 13.2. The number of carboxylic acids is 1. The van der Waals surface area contributed by atoms with E-state index in [4.69, 9.17) is 4.52 Å². The molecule has 9 heteroatoms. The smallest absolute Gasteiger partial charge is 0.320 e. The topological polar surface area (TPSA) is 79.5 Å². The first kappa shape index (κ1) is 18.3. The highest BCUT2D eigenvalue weighted by molar-refractivity contribution is 5.85. The van der Waals surface area contributed by atoms with E-state index in [-0.39, 0.29) is 30.7 Å².